The molecule has 2 aliphatic heterocycles. The maximum atomic E-state index is 13.6. The maximum absolute atomic E-state index is 13.6. The fraction of sp³-hybridized carbons (Fsp3) is 0.571. The van der Waals surface area contributed by atoms with Gasteiger partial charge in [0.25, 0.3) is 5.91 Å². The van der Waals surface area contributed by atoms with Gasteiger partial charge in [0.1, 0.15) is 30.4 Å². The lowest BCUT2D eigenvalue weighted by Crippen LogP contribution is -2.64. The van der Waals surface area contributed by atoms with Gasteiger partial charge in [-0.25, -0.2) is 9.80 Å². The third-order valence-corrected chi connectivity index (χ3v) is 7.32. The fourth-order valence-corrected chi connectivity index (χ4v) is 5.37. The van der Waals surface area contributed by atoms with Crippen LogP contribution in [0.4, 0.5) is 0 Å². The minimum absolute atomic E-state index is 0.0116. The van der Waals surface area contributed by atoms with Gasteiger partial charge in [0.15, 0.2) is 0 Å². The Morgan fingerprint density at radius 2 is 1.77 bits per heavy atom. The van der Waals surface area contributed by atoms with E-state index in [1.54, 1.807) is 20.8 Å². The molecule has 2 fully saturated rings. The number of aliphatic hydroxyl groups excluding tert-OH is 1. The van der Waals surface area contributed by atoms with Crippen LogP contribution in [-0.2, 0) is 33.4 Å². The van der Waals surface area contributed by atoms with Crippen LogP contribution in [0, 0.1) is 0 Å². The fourth-order valence-electron chi connectivity index (χ4n) is 4.82. The summed E-state index contributed by atoms with van der Waals surface area (Å²) in [7, 11) is 0. The number of amides is 4. The van der Waals surface area contributed by atoms with Gasteiger partial charge in [-0.3, -0.25) is 29.0 Å². The smallest absolute Gasteiger partial charge is 0.341 e. The van der Waals surface area contributed by atoms with E-state index in [1.165, 1.54) is 30.1 Å². The van der Waals surface area contributed by atoms with Gasteiger partial charge >= 0.3 is 11.9 Å². The molecule has 4 atom stereocenters. The molecule has 4 amide bonds. The van der Waals surface area contributed by atoms with Crippen LogP contribution < -0.4 is 10.6 Å². The molecule has 1 aromatic rings. The van der Waals surface area contributed by atoms with Crippen LogP contribution in [0.2, 0.25) is 10.0 Å². The van der Waals surface area contributed by atoms with Gasteiger partial charge in [-0.2, -0.15) is 0 Å². The summed E-state index contributed by atoms with van der Waals surface area (Å²) in [5.41, 5.74) is -0.989. The predicted molar refractivity (Wildman–Crippen MR) is 154 cm³/mol. The van der Waals surface area contributed by atoms with Gasteiger partial charge in [0.2, 0.25) is 17.7 Å². The number of rotatable bonds is 9. The van der Waals surface area contributed by atoms with Crippen molar-refractivity contribution < 1.29 is 43.3 Å². The Labute approximate surface area is 259 Å². The molecule has 0 aromatic heterocycles. The molecule has 1 unspecified atom stereocenters. The number of ether oxygens (including phenoxy) is 2. The number of esters is 2. The number of halogens is 2. The Morgan fingerprint density at radius 1 is 1.12 bits per heavy atom. The van der Waals surface area contributed by atoms with E-state index in [0.29, 0.717) is 6.42 Å². The molecule has 236 valence electrons. The first-order valence-corrected chi connectivity index (χ1v) is 14.6. The molecule has 1 aromatic carbocycles. The number of nitrogens with zero attached hydrogens (tertiary/aromatic N) is 2. The Kier molecular flexibility index (Phi) is 11.4. The first-order chi connectivity index (χ1) is 20.1. The SMILES string of the molecule is CC(=O)N[C@H]1CCC(=O)N2CCC[C@@H](C(=O)N[C@@H](CC(=O)OC(C)(C)C)C(O)COC(=O)c3c(Cl)cccc3Cl)N2C1=O. The molecule has 2 saturated heterocycles. The molecule has 15 heteroatoms. The van der Waals surface area contributed by atoms with Crippen molar-refractivity contribution in [3.05, 3.63) is 33.8 Å². The van der Waals surface area contributed by atoms with Crippen molar-refractivity contribution in [2.45, 2.75) is 89.6 Å². The van der Waals surface area contributed by atoms with Crippen LogP contribution in [0.3, 0.4) is 0 Å². The zero-order valence-corrected chi connectivity index (χ0v) is 25.9. The highest BCUT2D eigenvalue weighted by atomic mass is 35.5. The highest BCUT2D eigenvalue weighted by Crippen LogP contribution is 2.27. The molecule has 2 heterocycles. The van der Waals surface area contributed by atoms with Crippen molar-refractivity contribution >= 4 is 58.8 Å². The summed E-state index contributed by atoms with van der Waals surface area (Å²) in [6.07, 6.45) is -1.49. The molecule has 0 bridgehead atoms. The van der Waals surface area contributed by atoms with Gasteiger partial charge in [0.05, 0.1) is 28.1 Å². The van der Waals surface area contributed by atoms with Crippen molar-refractivity contribution in [3.8, 4) is 0 Å². The number of hydrogen-bond acceptors (Lipinski definition) is 9. The maximum Gasteiger partial charge on any atom is 0.341 e. The number of fused-ring (bicyclic) bond motifs is 1. The first kappa shape index (κ1) is 34.1. The summed E-state index contributed by atoms with van der Waals surface area (Å²) in [6, 6.07) is 0.888. The lowest BCUT2D eigenvalue weighted by atomic mass is 10.0. The van der Waals surface area contributed by atoms with Gasteiger partial charge in [-0.15, -0.1) is 0 Å². The summed E-state index contributed by atoms with van der Waals surface area (Å²) < 4.78 is 10.6. The quantitative estimate of drug-likeness (QED) is 0.339. The lowest BCUT2D eigenvalue weighted by Gasteiger charge is -2.43. The second kappa shape index (κ2) is 14.4. The lowest BCUT2D eigenvalue weighted by molar-refractivity contribution is -0.176. The summed E-state index contributed by atoms with van der Waals surface area (Å²) in [5.74, 6) is -3.93. The van der Waals surface area contributed by atoms with E-state index in [1.807, 2.05) is 0 Å². The van der Waals surface area contributed by atoms with Crippen LogP contribution in [-0.4, -0.2) is 93.7 Å². The second-order valence-electron chi connectivity index (χ2n) is 11.3. The van der Waals surface area contributed by atoms with Crippen LogP contribution >= 0.6 is 23.2 Å². The average molecular weight is 644 g/mol. The molecule has 0 aliphatic carbocycles. The predicted octanol–water partition coefficient (Wildman–Crippen LogP) is 1.76. The molecule has 13 nitrogen and oxygen atoms in total. The summed E-state index contributed by atoms with van der Waals surface area (Å²) >= 11 is 12.1. The minimum Gasteiger partial charge on any atom is -0.460 e. The molecular weight excluding hydrogens is 607 g/mol. The standard InChI is InChI=1S/C28H36Cl2N4O9/c1-15(35)31-18-10-11-22(37)33-12-6-9-20(34(33)26(18)40)25(39)32-19(13-23(38)43-28(2,3)4)21(36)14-42-27(41)24-16(29)7-5-8-17(24)30/h5,7-8,18-21,36H,6,9-14H2,1-4H3,(H,31,35)(H,32,39)/t18-,19-,20-,21?/m0/s1. The number of benzene rings is 1. The monoisotopic (exact) mass is 642 g/mol. The number of aliphatic hydroxyl groups is 1. The number of nitrogens with one attached hydrogen (secondary N) is 2. The van der Waals surface area contributed by atoms with Gasteiger partial charge in [-0.1, -0.05) is 29.3 Å². The van der Waals surface area contributed by atoms with E-state index in [4.69, 9.17) is 32.7 Å². The average Bonchev–Trinajstić information content (AvgIpc) is 3.02. The highest BCUT2D eigenvalue weighted by molar-refractivity contribution is 6.39. The highest BCUT2D eigenvalue weighted by Gasteiger charge is 2.45. The summed E-state index contributed by atoms with van der Waals surface area (Å²) in [6.45, 7) is 5.73. The van der Waals surface area contributed by atoms with Crippen molar-refractivity contribution in [2.75, 3.05) is 13.2 Å². The zero-order valence-electron chi connectivity index (χ0n) is 24.4. The van der Waals surface area contributed by atoms with Crippen molar-refractivity contribution in [1.29, 1.82) is 0 Å². The van der Waals surface area contributed by atoms with E-state index in [9.17, 15) is 33.9 Å². The van der Waals surface area contributed by atoms with Crippen molar-refractivity contribution in [1.82, 2.24) is 20.7 Å². The third-order valence-electron chi connectivity index (χ3n) is 6.69. The van der Waals surface area contributed by atoms with E-state index >= 15 is 0 Å². The third kappa shape index (κ3) is 9.04. The molecule has 3 rings (SSSR count). The number of carbonyl (C=O) groups excluding carboxylic acids is 6. The molecule has 2 aliphatic rings. The van der Waals surface area contributed by atoms with E-state index in [-0.39, 0.29) is 47.3 Å². The van der Waals surface area contributed by atoms with Crippen LogP contribution in [0.25, 0.3) is 0 Å². The van der Waals surface area contributed by atoms with Crippen LogP contribution in [0.15, 0.2) is 18.2 Å². The zero-order chi connectivity index (χ0) is 32.1. The molecule has 0 radical (unpaired) electrons. The molecule has 0 spiro atoms. The topological polar surface area (TPSA) is 172 Å². The Hall–Kier alpha value is -3.42. The molecule has 43 heavy (non-hydrogen) atoms. The van der Waals surface area contributed by atoms with Gasteiger partial charge in [0, 0.05) is 19.9 Å². The van der Waals surface area contributed by atoms with Crippen molar-refractivity contribution in [2.24, 2.45) is 0 Å². The number of hydrazine groups is 1. The van der Waals surface area contributed by atoms with Gasteiger partial charge in [-0.05, 0) is 52.2 Å². The van der Waals surface area contributed by atoms with Crippen LogP contribution in [0.5, 0.6) is 0 Å². The van der Waals surface area contributed by atoms with E-state index < -0.39 is 72.5 Å². The first-order valence-electron chi connectivity index (χ1n) is 13.8. The van der Waals surface area contributed by atoms with Gasteiger partial charge < -0.3 is 25.2 Å². The summed E-state index contributed by atoms with van der Waals surface area (Å²) in [4.78, 5) is 77.0. The number of carbonyl (C=O) groups is 6. The van der Waals surface area contributed by atoms with E-state index in [2.05, 4.69) is 10.6 Å². The Bertz CT molecular complexity index is 1250. The largest absolute Gasteiger partial charge is 0.460 e. The normalized spacial score (nSPS) is 20.3. The molecular formula is C28H36Cl2N4O9. The Morgan fingerprint density at radius 3 is 2.37 bits per heavy atom. The van der Waals surface area contributed by atoms with Crippen LogP contribution in [0.1, 0.15) is 70.2 Å². The summed E-state index contributed by atoms with van der Waals surface area (Å²) in [5, 5.41) is 18.4. The van der Waals surface area contributed by atoms with Crippen molar-refractivity contribution in [3.63, 3.8) is 0 Å². The Balaban J connectivity index is 1.82. The number of hydrogen-bond donors (Lipinski definition) is 3. The molecule has 0 saturated carbocycles. The van der Waals surface area contributed by atoms with E-state index in [0.717, 1.165) is 5.01 Å². The molecule has 3 N–H and O–H groups in total. The minimum atomic E-state index is -1.60. The second-order valence-corrected chi connectivity index (χ2v) is 12.1.